The molecule has 1 saturated heterocycles. The number of aliphatic hydroxyl groups is 1. The van der Waals surface area contributed by atoms with Crippen LogP contribution < -0.4 is 4.74 Å². The molecule has 1 spiro atoms. The molecule has 2 aromatic carbocycles. The molecule has 0 amide bonds. The Labute approximate surface area is 324 Å². The Balaban J connectivity index is 1.59. The number of epoxide rings is 1. The van der Waals surface area contributed by atoms with Gasteiger partial charge in [-0.2, -0.15) is 0 Å². The number of hydrogen-bond acceptors (Lipinski definition) is 9. The van der Waals surface area contributed by atoms with Gasteiger partial charge in [0.1, 0.15) is 23.7 Å². The molecule has 3 fully saturated rings. The minimum absolute atomic E-state index is 0.108. The number of carbonyl (C=O) groups is 2. The molecule has 8 atom stereocenters. The zero-order valence-electron chi connectivity index (χ0n) is 34.4. The molecule has 0 aromatic heterocycles. The summed E-state index contributed by atoms with van der Waals surface area (Å²) in [7, 11) is -3.19. The van der Waals surface area contributed by atoms with Crippen LogP contribution in [0, 0.1) is 22.7 Å². The SMILES string of the molecule is COc1ccc(CO[C@H]2C(=O)[C@]3(C)[C@@H](O[Si](C)(C)C(C)(C)C)CC[C@@]4(CO4)[C@H]3[C@H](OC(=O)c3ccccc3)[C@]3(O)C(O[Si](C)(C)C)=CC[C@H]2C3(C)C)cc1. The van der Waals surface area contributed by atoms with E-state index in [1.54, 1.807) is 31.4 Å². The number of allylic oxidation sites excluding steroid dienone is 1. The maximum Gasteiger partial charge on any atom is 0.338 e. The van der Waals surface area contributed by atoms with Gasteiger partial charge in [-0.15, -0.1) is 0 Å². The first-order valence-electron chi connectivity index (χ1n) is 19.5. The second-order valence-corrected chi connectivity index (χ2v) is 28.5. The van der Waals surface area contributed by atoms with Crippen LogP contribution in [0.3, 0.4) is 0 Å². The van der Waals surface area contributed by atoms with E-state index in [0.717, 1.165) is 11.3 Å². The normalized spacial score (nSPS) is 33.5. The van der Waals surface area contributed by atoms with Crippen molar-refractivity contribution in [3.63, 3.8) is 0 Å². The van der Waals surface area contributed by atoms with Crippen LogP contribution in [0.5, 0.6) is 5.75 Å². The summed E-state index contributed by atoms with van der Waals surface area (Å²) < 4.78 is 39.6. The smallest absolute Gasteiger partial charge is 0.338 e. The van der Waals surface area contributed by atoms with E-state index in [-0.39, 0.29) is 17.4 Å². The van der Waals surface area contributed by atoms with E-state index in [2.05, 4.69) is 53.5 Å². The van der Waals surface area contributed by atoms with Crippen molar-refractivity contribution >= 4 is 28.4 Å². The fraction of sp³-hybridized carbons (Fsp3) is 0.628. The first kappa shape index (κ1) is 40.8. The highest BCUT2D eigenvalue weighted by Crippen LogP contribution is 2.66. The Morgan fingerprint density at radius 1 is 0.981 bits per heavy atom. The first-order chi connectivity index (χ1) is 25.0. The van der Waals surface area contributed by atoms with Gasteiger partial charge in [-0.1, -0.05) is 65.0 Å². The van der Waals surface area contributed by atoms with Gasteiger partial charge in [0.2, 0.25) is 8.32 Å². The minimum Gasteiger partial charge on any atom is -0.545 e. The van der Waals surface area contributed by atoms with Crippen molar-refractivity contribution in [3.05, 3.63) is 77.6 Å². The third kappa shape index (κ3) is 6.95. The highest BCUT2D eigenvalue weighted by molar-refractivity contribution is 6.74. The fourth-order valence-corrected chi connectivity index (χ4v) is 11.4. The van der Waals surface area contributed by atoms with Gasteiger partial charge in [-0.05, 0) is 99.9 Å². The largest absolute Gasteiger partial charge is 0.545 e. The van der Waals surface area contributed by atoms with Gasteiger partial charge in [-0.3, -0.25) is 4.79 Å². The number of esters is 1. The van der Waals surface area contributed by atoms with Gasteiger partial charge in [0.15, 0.2) is 19.7 Å². The van der Waals surface area contributed by atoms with Crippen molar-refractivity contribution in [2.24, 2.45) is 22.7 Å². The van der Waals surface area contributed by atoms with Gasteiger partial charge >= 0.3 is 5.97 Å². The molecule has 9 nitrogen and oxygen atoms in total. The van der Waals surface area contributed by atoms with E-state index >= 15 is 4.79 Å². The highest BCUT2D eigenvalue weighted by Gasteiger charge is 2.77. The second-order valence-electron chi connectivity index (χ2n) is 19.3. The summed E-state index contributed by atoms with van der Waals surface area (Å²) in [6, 6.07) is 16.5. The molecule has 54 heavy (non-hydrogen) atoms. The number of fused-ring (bicyclic) bond motifs is 4. The van der Waals surface area contributed by atoms with Crippen LogP contribution in [0.25, 0.3) is 0 Å². The van der Waals surface area contributed by atoms with E-state index in [9.17, 15) is 9.90 Å². The molecule has 6 rings (SSSR count). The molecule has 2 aromatic rings. The number of benzene rings is 2. The predicted octanol–water partition coefficient (Wildman–Crippen LogP) is 8.48. The number of ketones is 1. The number of Topliss-reactive ketones (excluding diaryl/α,β-unsaturated/α-hetero) is 1. The third-order valence-corrected chi connectivity index (χ3v) is 18.7. The molecule has 0 radical (unpaired) electrons. The maximum atomic E-state index is 16.0. The lowest BCUT2D eigenvalue weighted by molar-refractivity contribution is -0.245. The van der Waals surface area contributed by atoms with Crippen molar-refractivity contribution in [3.8, 4) is 5.75 Å². The molecular formula is C43H62O9Si2. The van der Waals surface area contributed by atoms with Crippen molar-refractivity contribution in [1.82, 2.24) is 0 Å². The van der Waals surface area contributed by atoms with E-state index in [4.69, 9.17) is 27.8 Å². The fourth-order valence-electron chi connectivity index (χ4n) is 9.09. The van der Waals surface area contributed by atoms with Crippen LogP contribution >= 0.6 is 0 Å². The average Bonchev–Trinajstić information content (AvgIpc) is 3.87. The van der Waals surface area contributed by atoms with E-state index in [1.165, 1.54) is 0 Å². The predicted molar refractivity (Wildman–Crippen MR) is 213 cm³/mol. The molecule has 1 aliphatic heterocycles. The molecule has 1 heterocycles. The van der Waals surface area contributed by atoms with Crippen molar-refractivity contribution in [1.29, 1.82) is 0 Å². The van der Waals surface area contributed by atoms with Gasteiger partial charge in [0.25, 0.3) is 0 Å². The number of ether oxygens (including phenoxy) is 4. The lowest BCUT2D eigenvalue weighted by Gasteiger charge is -2.63. The Morgan fingerprint density at radius 3 is 2.17 bits per heavy atom. The second kappa shape index (κ2) is 14.0. The van der Waals surface area contributed by atoms with Crippen molar-refractivity contribution in [2.75, 3.05) is 13.7 Å². The summed E-state index contributed by atoms with van der Waals surface area (Å²) in [6.07, 6.45) is 0.798. The molecule has 1 N–H and O–H groups in total. The summed E-state index contributed by atoms with van der Waals surface area (Å²) in [4.78, 5) is 30.4. The molecule has 11 heteroatoms. The number of rotatable bonds is 10. The van der Waals surface area contributed by atoms with E-state index in [1.807, 2.05) is 57.2 Å². The van der Waals surface area contributed by atoms with Crippen molar-refractivity contribution < 1.29 is 42.5 Å². The van der Waals surface area contributed by atoms with Gasteiger partial charge in [-0.25, -0.2) is 4.79 Å². The molecule has 0 unspecified atom stereocenters. The van der Waals surface area contributed by atoms with E-state index in [0.29, 0.717) is 37.2 Å². The van der Waals surface area contributed by atoms with Gasteiger partial charge in [0, 0.05) is 17.3 Å². The zero-order valence-corrected chi connectivity index (χ0v) is 36.4. The molecule has 4 aliphatic rings. The van der Waals surface area contributed by atoms with Crippen LogP contribution in [0.15, 0.2) is 66.4 Å². The zero-order chi connectivity index (χ0) is 39.7. The highest BCUT2D eigenvalue weighted by atomic mass is 28.4. The Hall–Kier alpha value is -2.81. The van der Waals surface area contributed by atoms with Crippen LogP contribution in [0.4, 0.5) is 0 Å². The topological polar surface area (TPSA) is 113 Å². The summed E-state index contributed by atoms with van der Waals surface area (Å²) >= 11 is 0. The monoisotopic (exact) mass is 778 g/mol. The number of hydrogen-bond donors (Lipinski definition) is 1. The number of carbonyl (C=O) groups excluding carboxylic acids is 2. The maximum absolute atomic E-state index is 16.0. The Bertz CT molecular complexity index is 1740. The van der Waals surface area contributed by atoms with Crippen LogP contribution in [-0.4, -0.2) is 76.7 Å². The van der Waals surface area contributed by atoms with Crippen molar-refractivity contribution in [2.45, 2.75) is 135 Å². The quantitative estimate of drug-likeness (QED) is 0.144. The molecule has 2 saturated carbocycles. The third-order valence-electron chi connectivity index (χ3n) is 13.4. The van der Waals surface area contributed by atoms with Gasteiger partial charge < -0.3 is 32.9 Å². The lowest BCUT2D eigenvalue weighted by Crippen LogP contribution is -2.75. The molecule has 296 valence electrons. The Morgan fingerprint density at radius 2 is 1.61 bits per heavy atom. The summed E-state index contributed by atoms with van der Waals surface area (Å²) in [5.74, 6) is -0.869. The summed E-state index contributed by atoms with van der Waals surface area (Å²) in [6.45, 7) is 23.7. The molecular weight excluding hydrogens is 717 g/mol. The lowest BCUT2D eigenvalue weighted by atomic mass is 9.46. The van der Waals surface area contributed by atoms with E-state index < -0.39 is 74.8 Å². The van der Waals surface area contributed by atoms with Crippen LogP contribution in [0.2, 0.25) is 37.8 Å². The molecule has 3 aliphatic carbocycles. The molecule has 2 bridgehead atoms. The standard InChI is InChI=1S/C43H62O9Si2/c1-39(2,3)54(11,12)52-32-24-25-42(27-49-42)35-37(50-38(45)29-16-14-13-15-17-29)43(46)33(51-53(8,9)10)23-22-31(40(43,4)5)34(36(44)41(32,35)6)48-26-28-18-20-30(47-7)21-19-28/h13-21,23,31-32,34-35,37,46H,22,24-27H2,1-12H3/t31-,32+,34-,35+,37+,41-,42-,43-/m1/s1. The van der Waals surface area contributed by atoms with Gasteiger partial charge in [0.05, 0.1) is 43.0 Å². The number of methoxy groups -OCH3 is 1. The average molecular weight is 779 g/mol. The Kier molecular flexibility index (Phi) is 10.6. The first-order valence-corrected chi connectivity index (χ1v) is 25.8. The summed E-state index contributed by atoms with van der Waals surface area (Å²) in [5.41, 5.74) is -3.82. The summed E-state index contributed by atoms with van der Waals surface area (Å²) in [5, 5.41) is 13.8. The van der Waals surface area contributed by atoms with Crippen LogP contribution in [0.1, 0.15) is 76.7 Å². The van der Waals surface area contributed by atoms with Crippen LogP contribution in [-0.2, 0) is 34.5 Å². The minimum atomic E-state index is -2.48.